The van der Waals surface area contributed by atoms with E-state index in [4.69, 9.17) is 0 Å². The molecule has 0 saturated carbocycles. The molecule has 1 aliphatic rings. The van der Waals surface area contributed by atoms with E-state index in [1.54, 1.807) is 0 Å². The molecule has 0 bridgehead atoms. The number of rotatable bonds is 4. The number of thioether (sulfide) groups is 1. The van der Waals surface area contributed by atoms with E-state index in [1.807, 2.05) is 11.8 Å². The van der Waals surface area contributed by atoms with Crippen LogP contribution in [0.4, 0.5) is 0 Å². The Kier molecular flexibility index (Phi) is 4.46. The van der Waals surface area contributed by atoms with Crippen molar-refractivity contribution in [3.8, 4) is 0 Å². The highest BCUT2D eigenvalue weighted by atomic mass is 32.2. The normalized spacial score (nSPS) is 22.6. The van der Waals surface area contributed by atoms with Gasteiger partial charge in [-0.25, -0.2) is 0 Å². The molecule has 70 valence electrons. The van der Waals surface area contributed by atoms with Gasteiger partial charge in [-0.05, 0) is 6.42 Å². The van der Waals surface area contributed by atoms with Gasteiger partial charge in [0.25, 0.3) is 0 Å². The minimum atomic E-state index is 0.170. The van der Waals surface area contributed by atoms with Crippen LogP contribution in [0.2, 0.25) is 0 Å². The van der Waals surface area contributed by atoms with Crippen LogP contribution in [0.1, 0.15) is 19.8 Å². The summed E-state index contributed by atoms with van der Waals surface area (Å²) in [5.41, 5.74) is 0. The van der Waals surface area contributed by atoms with Crippen molar-refractivity contribution in [3.63, 3.8) is 0 Å². The topological polar surface area (TPSA) is 41.1 Å². The van der Waals surface area contributed by atoms with Crippen molar-refractivity contribution in [2.75, 3.05) is 18.8 Å². The molecule has 2 N–H and O–H groups in total. The molecule has 3 nitrogen and oxygen atoms in total. The fourth-order valence-corrected chi connectivity index (χ4v) is 2.14. The van der Waals surface area contributed by atoms with Crippen molar-refractivity contribution in [2.24, 2.45) is 0 Å². The SMILES string of the molecule is CCCNC(=O)CC1NCCS1. The number of hydrogen-bond acceptors (Lipinski definition) is 3. The van der Waals surface area contributed by atoms with Crippen LogP contribution in [0.15, 0.2) is 0 Å². The second-order valence-corrected chi connectivity index (χ2v) is 4.18. The van der Waals surface area contributed by atoms with Crippen molar-refractivity contribution in [2.45, 2.75) is 25.1 Å². The number of hydrogen-bond donors (Lipinski definition) is 2. The largest absolute Gasteiger partial charge is 0.356 e. The summed E-state index contributed by atoms with van der Waals surface area (Å²) >= 11 is 1.83. The fourth-order valence-electron chi connectivity index (χ4n) is 1.12. The molecule has 1 amide bonds. The van der Waals surface area contributed by atoms with Gasteiger partial charge in [0.05, 0.1) is 11.8 Å². The monoisotopic (exact) mass is 188 g/mol. The predicted molar refractivity (Wildman–Crippen MR) is 52.2 cm³/mol. The standard InChI is InChI=1S/C8H16N2OS/c1-2-3-9-7(11)6-8-10-4-5-12-8/h8,10H,2-6H2,1H3,(H,9,11). The third-order valence-electron chi connectivity index (χ3n) is 1.74. The number of nitrogens with one attached hydrogen (secondary N) is 2. The average molecular weight is 188 g/mol. The lowest BCUT2D eigenvalue weighted by molar-refractivity contribution is -0.121. The highest BCUT2D eigenvalue weighted by Gasteiger charge is 2.17. The van der Waals surface area contributed by atoms with E-state index in [0.29, 0.717) is 11.8 Å². The van der Waals surface area contributed by atoms with E-state index in [0.717, 1.165) is 25.3 Å². The first-order valence-electron chi connectivity index (χ1n) is 4.44. The minimum absolute atomic E-state index is 0.170. The molecule has 1 atom stereocenters. The van der Waals surface area contributed by atoms with Crippen LogP contribution in [0.5, 0.6) is 0 Å². The molecule has 4 heteroatoms. The van der Waals surface area contributed by atoms with Gasteiger partial charge in [-0.2, -0.15) is 0 Å². The van der Waals surface area contributed by atoms with E-state index in [-0.39, 0.29) is 5.91 Å². The third-order valence-corrected chi connectivity index (χ3v) is 2.91. The van der Waals surface area contributed by atoms with Crippen LogP contribution in [0.25, 0.3) is 0 Å². The molecular weight excluding hydrogens is 172 g/mol. The number of carbonyl (C=O) groups is 1. The Morgan fingerprint density at radius 2 is 2.58 bits per heavy atom. The molecule has 1 heterocycles. The van der Waals surface area contributed by atoms with E-state index in [9.17, 15) is 4.79 Å². The molecule has 0 aliphatic carbocycles. The number of carbonyl (C=O) groups excluding carboxylic acids is 1. The Bertz CT molecular complexity index is 146. The van der Waals surface area contributed by atoms with Crippen LogP contribution < -0.4 is 10.6 Å². The molecular formula is C8H16N2OS. The second-order valence-electron chi connectivity index (χ2n) is 2.87. The first-order chi connectivity index (χ1) is 5.83. The van der Waals surface area contributed by atoms with Crippen LogP contribution in [-0.2, 0) is 4.79 Å². The summed E-state index contributed by atoms with van der Waals surface area (Å²) in [5.74, 6) is 1.30. The second kappa shape index (κ2) is 5.43. The maximum Gasteiger partial charge on any atom is 0.222 e. The molecule has 1 fully saturated rings. The van der Waals surface area contributed by atoms with Crippen molar-refractivity contribution in [3.05, 3.63) is 0 Å². The molecule has 1 aliphatic heterocycles. The van der Waals surface area contributed by atoms with Crippen molar-refractivity contribution >= 4 is 17.7 Å². The molecule has 1 rings (SSSR count). The molecule has 0 spiro atoms. The van der Waals surface area contributed by atoms with Gasteiger partial charge in [0, 0.05) is 18.8 Å². The van der Waals surface area contributed by atoms with Gasteiger partial charge < -0.3 is 10.6 Å². The van der Waals surface area contributed by atoms with E-state index in [1.165, 1.54) is 0 Å². The molecule has 1 unspecified atom stereocenters. The zero-order chi connectivity index (χ0) is 8.81. The van der Waals surface area contributed by atoms with Gasteiger partial charge in [-0.1, -0.05) is 6.92 Å². The highest BCUT2D eigenvalue weighted by molar-refractivity contribution is 8.00. The van der Waals surface area contributed by atoms with E-state index < -0.39 is 0 Å². The first-order valence-corrected chi connectivity index (χ1v) is 5.49. The summed E-state index contributed by atoms with van der Waals surface area (Å²) in [5, 5.41) is 6.48. The lowest BCUT2D eigenvalue weighted by Crippen LogP contribution is -2.31. The van der Waals surface area contributed by atoms with Gasteiger partial charge in [0.15, 0.2) is 0 Å². The summed E-state index contributed by atoms with van der Waals surface area (Å²) in [4.78, 5) is 11.2. The van der Waals surface area contributed by atoms with Crippen LogP contribution in [-0.4, -0.2) is 30.1 Å². The summed E-state index contributed by atoms with van der Waals surface area (Å²) in [6, 6.07) is 0. The summed E-state index contributed by atoms with van der Waals surface area (Å²) in [6.07, 6.45) is 1.63. The quantitative estimate of drug-likeness (QED) is 0.677. The van der Waals surface area contributed by atoms with E-state index in [2.05, 4.69) is 17.6 Å². The maximum atomic E-state index is 11.2. The highest BCUT2D eigenvalue weighted by Crippen LogP contribution is 2.16. The first kappa shape index (κ1) is 9.86. The summed E-state index contributed by atoms with van der Waals surface area (Å²) in [7, 11) is 0. The smallest absolute Gasteiger partial charge is 0.222 e. The maximum absolute atomic E-state index is 11.2. The van der Waals surface area contributed by atoms with Gasteiger partial charge in [-0.15, -0.1) is 11.8 Å². The Hall–Kier alpha value is -0.220. The molecule has 0 aromatic carbocycles. The molecule has 0 radical (unpaired) electrons. The van der Waals surface area contributed by atoms with Gasteiger partial charge in [-0.3, -0.25) is 4.79 Å². The summed E-state index contributed by atoms with van der Waals surface area (Å²) in [6.45, 7) is 3.90. The van der Waals surface area contributed by atoms with Crippen LogP contribution in [0, 0.1) is 0 Å². The Labute approximate surface area is 77.7 Å². The Morgan fingerprint density at radius 1 is 1.75 bits per heavy atom. The molecule has 0 aromatic rings. The zero-order valence-corrected chi connectivity index (χ0v) is 8.25. The lowest BCUT2D eigenvalue weighted by Gasteiger charge is -2.08. The molecule has 12 heavy (non-hydrogen) atoms. The predicted octanol–water partition coefficient (Wildman–Crippen LogP) is 0.565. The van der Waals surface area contributed by atoms with Gasteiger partial charge in [0.2, 0.25) is 5.91 Å². The third kappa shape index (κ3) is 3.45. The molecule has 1 saturated heterocycles. The van der Waals surface area contributed by atoms with Crippen LogP contribution >= 0.6 is 11.8 Å². The van der Waals surface area contributed by atoms with Crippen molar-refractivity contribution in [1.29, 1.82) is 0 Å². The Morgan fingerprint density at radius 3 is 3.17 bits per heavy atom. The van der Waals surface area contributed by atoms with E-state index >= 15 is 0 Å². The average Bonchev–Trinajstić information content (AvgIpc) is 2.53. The molecule has 0 aromatic heterocycles. The lowest BCUT2D eigenvalue weighted by atomic mass is 10.3. The van der Waals surface area contributed by atoms with Crippen LogP contribution in [0.3, 0.4) is 0 Å². The minimum Gasteiger partial charge on any atom is -0.356 e. The van der Waals surface area contributed by atoms with Gasteiger partial charge >= 0.3 is 0 Å². The van der Waals surface area contributed by atoms with Crippen molar-refractivity contribution in [1.82, 2.24) is 10.6 Å². The van der Waals surface area contributed by atoms with Gasteiger partial charge in [0.1, 0.15) is 0 Å². The zero-order valence-electron chi connectivity index (χ0n) is 7.43. The number of amides is 1. The summed E-state index contributed by atoms with van der Waals surface area (Å²) < 4.78 is 0. The Balaban J connectivity index is 2.08. The fraction of sp³-hybridized carbons (Fsp3) is 0.875. The van der Waals surface area contributed by atoms with Crippen molar-refractivity contribution < 1.29 is 4.79 Å².